The number of carbonyl (C=O) groups excluding carboxylic acids is 1. The molecule has 0 bridgehead atoms. The van der Waals surface area contributed by atoms with Crippen molar-refractivity contribution in [3.8, 4) is 5.75 Å². The molecule has 0 aromatic heterocycles. The van der Waals surface area contributed by atoms with Crippen LogP contribution in [-0.2, 0) is 4.79 Å². The van der Waals surface area contributed by atoms with Gasteiger partial charge in [-0.1, -0.05) is 23.2 Å². The third kappa shape index (κ3) is 4.34. The van der Waals surface area contributed by atoms with Gasteiger partial charge in [-0.25, -0.2) is 4.39 Å². The summed E-state index contributed by atoms with van der Waals surface area (Å²) in [4.78, 5) is 12.0. The Morgan fingerprint density at radius 1 is 1.14 bits per heavy atom. The largest absolute Gasteiger partial charge is 0.481 e. The average Bonchev–Trinajstić information content (AvgIpc) is 2.44. The average molecular weight is 328 g/mol. The molecule has 0 aliphatic rings. The van der Waals surface area contributed by atoms with Crippen LogP contribution >= 0.6 is 23.2 Å². The van der Waals surface area contributed by atoms with Gasteiger partial charge in [0, 0.05) is 10.0 Å². The van der Waals surface area contributed by atoms with Gasteiger partial charge in [-0.15, -0.1) is 0 Å². The molecule has 0 radical (unpaired) electrons. The third-order valence-corrected chi connectivity index (χ3v) is 3.17. The molecule has 2 rings (SSSR count). The summed E-state index contributed by atoms with van der Waals surface area (Å²) in [5.74, 6) is -0.570. The minimum Gasteiger partial charge on any atom is -0.481 e. The maximum absolute atomic E-state index is 13.6. The monoisotopic (exact) mass is 327 g/mol. The molecule has 1 amide bonds. The first-order valence-electron chi connectivity index (χ1n) is 6.14. The van der Waals surface area contributed by atoms with Crippen molar-refractivity contribution in [3.05, 3.63) is 58.3 Å². The summed E-state index contributed by atoms with van der Waals surface area (Å²) in [6.07, 6.45) is -0.791. The number of amides is 1. The van der Waals surface area contributed by atoms with E-state index in [-0.39, 0.29) is 10.7 Å². The van der Waals surface area contributed by atoms with Crippen LogP contribution in [0.2, 0.25) is 10.0 Å². The normalized spacial score (nSPS) is 11.8. The molecule has 21 heavy (non-hydrogen) atoms. The van der Waals surface area contributed by atoms with Crippen LogP contribution in [0, 0.1) is 5.82 Å². The van der Waals surface area contributed by atoms with E-state index in [0.717, 1.165) is 6.07 Å². The van der Waals surface area contributed by atoms with Crippen LogP contribution in [-0.4, -0.2) is 12.0 Å². The van der Waals surface area contributed by atoms with Crippen molar-refractivity contribution in [2.24, 2.45) is 0 Å². The lowest BCUT2D eigenvalue weighted by Gasteiger charge is -2.15. The van der Waals surface area contributed by atoms with Crippen LogP contribution in [0.25, 0.3) is 0 Å². The number of anilines is 1. The molecule has 0 aliphatic carbocycles. The van der Waals surface area contributed by atoms with Crippen molar-refractivity contribution in [2.75, 3.05) is 5.32 Å². The molecule has 1 unspecified atom stereocenters. The van der Waals surface area contributed by atoms with Gasteiger partial charge in [0.15, 0.2) is 6.10 Å². The lowest BCUT2D eigenvalue weighted by atomic mass is 10.2. The lowest BCUT2D eigenvalue weighted by molar-refractivity contribution is -0.122. The second kappa shape index (κ2) is 6.78. The molecule has 110 valence electrons. The number of hydrogen-bond acceptors (Lipinski definition) is 2. The summed E-state index contributed by atoms with van der Waals surface area (Å²) >= 11 is 11.4. The molecule has 1 atom stereocenters. The number of benzene rings is 2. The molecular formula is C15H12Cl2FNO2. The number of carbonyl (C=O) groups is 1. The number of rotatable bonds is 4. The second-order valence-corrected chi connectivity index (χ2v) is 5.20. The molecule has 2 aromatic carbocycles. The van der Waals surface area contributed by atoms with Gasteiger partial charge in [0.2, 0.25) is 0 Å². The summed E-state index contributed by atoms with van der Waals surface area (Å²) in [5.41, 5.74) is 0.0518. The predicted molar refractivity (Wildman–Crippen MR) is 81.6 cm³/mol. The standard InChI is InChI=1S/C15H12Cl2FNO2/c1-9(21-12-5-2-10(16)3-6-12)15(20)19-14-7-4-11(17)8-13(14)18/h2-9H,1H3,(H,19,20). The van der Waals surface area contributed by atoms with E-state index >= 15 is 0 Å². The first kappa shape index (κ1) is 15.6. The van der Waals surface area contributed by atoms with Crippen LogP contribution < -0.4 is 10.1 Å². The number of halogens is 3. The van der Waals surface area contributed by atoms with Crippen LogP contribution in [0.15, 0.2) is 42.5 Å². The molecule has 3 nitrogen and oxygen atoms in total. The Hall–Kier alpha value is -1.78. The number of nitrogens with one attached hydrogen (secondary N) is 1. The molecule has 0 saturated carbocycles. The van der Waals surface area contributed by atoms with Crippen molar-refractivity contribution in [1.29, 1.82) is 0 Å². The maximum Gasteiger partial charge on any atom is 0.265 e. The SMILES string of the molecule is CC(Oc1ccc(Cl)cc1)C(=O)Nc1ccc(Cl)cc1F. The van der Waals surface area contributed by atoms with E-state index in [4.69, 9.17) is 27.9 Å². The van der Waals surface area contributed by atoms with Crippen LogP contribution in [0.3, 0.4) is 0 Å². The first-order chi connectivity index (χ1) is 9.95. The van der Waals surface area contributed by atoms with Gasteiger partial charge in [-0.05, 0) is 49.4 Å². The van der Waals surface area contributed by atoms with E-state index in [1.807, 2.05) is 0 Å². The molecule has 1 N–H and O–H groups in total. The fourth-order valence-corrected chi connectivity index (χ4v) is 1.88. The van der Waals surface area contributed by atoms with Crippen molar-refractivity contribution in [2.45, 2.75) is 13.0 Å². The highest BCUT2D eigenvalue weighted by molar-refractivity contribution is 6.30. The minimum absolute atomic E-state index is 0.0518. The fraction of sp³-hybridized carbons (Fsp3) is 0.133. The van der Waals surface area contributed by atoms with E-state index in [0.29, 0.717) is 10.8 Å². The number of ether oxygens (including phenoxy) is 1. The Labute approximate surface area is 131 Å². The molecular weight excluding hydrogens is 316 g/mol. The van der Waals surface area contributed by atoms with Gasteiger partial charge in [-0.2, -0.15) is 0 Å². The van der Waals surface area contributed by atoms with E-state index in [9.17, 15) is 9.18 Å². The van der Waals surface area contributed by atoms with E-state index < -0.39 is 17.8 Å². The molecule has 0 aliphatic heterocycles. The third-order valence-electron chi connectivity index (χ3n) is 2.68. The summed E-state index contributed by atoms with van der Waals surface area (Å²) in [6, 6.07) is 10.6. The Morgan fingerprint density at radius 3 is 2.38 bits per heavy atom. The maximum atomic E-state index is 13.6. The minimum atomic E-state index is -0.791. The van der Waals surface area contributed by atoms with Gasteiger partial charge in [0.1, 0.15) is 11.6 Å². The van der Waals surface area contributed by atoms with Crippen LogP contribution in [0.4, 0.5) is 10.1 Å². The van der Waals surface area contributed by atoms with Gasteiger partial charge >= 0.3 is 0 Å². The van der Waals surface area contributed by atoms with Crippen LogP contribution in [0.5, 0.6) is 5.75 Å². The highest BCUT2D eigenvalue weighted by Gasteiger charge is 2.16. The van der Waals surface area contributed by atoms with Gasteiger partial charge in [0.25, 0.3) is 5.91 Å². The number of hydrogen-bond donors (Lipinski definition) is 1. The van der Waals surface area contributed by atoms with E-state index in [2.05, 4.69) is 5.32 Å². The molecule has 0 spiro atoms. The van der Waals surface area contributed by atoms with Crippen molar-refractivity contribution in [3.63, 3.8) is 0 Å². The second-order valence-electron chi connectivity index (χ2n) is 4.33. The van der Waals surface area contributed by atoms with E-state index in [1.54, 1.807) is 31.2 Å². The quantitative estimate of drug-likeness (QED) is 0.895. The highest BCUT2D eigenvalue weighted by atomic mass is 35.5. The molecule has 2 aromatic rings. The first-order valence-corrected chi connectivity index (χ1v) is 6.89. The Morgan fingerprint density at radius 2 is 1.76 bits per heavy atom. The summed E-state index contributed by atoms with van der Waals surface area (Å²) < 4.78 is 19.0. The smallest absolute Gasteiger partial charge is 0.265 e. The summed E-state index contributed by atoms with van der Waals surface area (Å²) in [6.45, 7) is 1.57. The van der Waals surface area contributed by atoms with Gasteiger partial charge < -0.3 is 10.1 Å². The Kier molecular flexibility index (Phi) is 5.04. The molecule has 0 fully saturated rings. The Bertz CT molecular complexity index is 647. The fourth-order valence-electron chi connectivity index (χ4n) is 1.60. The summed E-state index contributed by atoms with van der Waals surface area (Å²) in [7, 11) is 0. The lowest BCUT2D eigenvalue weighted by Crippen LogP contribution is -2.30. The van der Waals surface area contributed by atoms with Gasteiger partial charge in [0.05, 0.1) is 5.69 Å². The zero-order chi connectivity index (χ0) is 15.4. The van der Waals surface area contributed by atoms with Crippen LogP contribution in [0.1, 0.15) is 6.92 Å². The predicted octanol–water partition coefficient (Wildman–Crippen LogP) is 4.54. The van der Waals surface area contributed by atoms with Crippen molar-refractivity contribution in [1.82, 2.24) is 0 Å². The van der Waals surface area contributed by atoms with Crippen molar-refractivity contribution >= 4 is 34.8 Å². The van der Waals surface area contributed by atoms with Crippen molar-refractivity contribution < 1.29 is 13.9 Å². The van der Waals surface area contributed by atoms with Gasteiger partial charge in [-0.3, -0.25) is 4.79 Å². The van der Waals surface area contributed by atoms with E-state index in [1.165, 1.54) is 12.1 Å². The molecule has 6 heteroatoms. The zero-order valence-electron chi connectivity index (χ0n) is 11.1. The topological polar surface area (TPSA) is 38.3 Å². The highest BCUT2D eigenvalue weighted by Crippen LogP contribution is 2.20. The molecule has 0 saturated heterocycles. The Balaban J connectivity index is 2.00. The summed E-state index contributed by atoms with van der Waals surface area (Å²) in [5, 5.41) is 3.28. The molecule has 0 heterocycles. The zero-order valence-corrected chi connectivity index (χ0v) is 12.6.